The maximum atomic E-state index is 12.9. The molecular weight excluding hydrogens is 434 g/mol. The first kappa shape index (κ1) is 23.2. The maximum Gasteiger partial charge on any atom is 0.231 e. The molecule has 1 saturated heterocycles. The van der Waals surface area contributed by atoms with Crippen molar-refractivity contribution in [2.45, 2.75) is 39.0 Å². The maximum absolute atomic E-state index is 12.9. The summed E-state index contributed by atoms with van der Waals surface area (Å²) < 4.78 is 5.54. The highest BCUT2D eigenvalue weighted by molar-refractivity contribution is 5.89. The van der Waals surface area contributed by atoms with Gasteiger partial charge >= 0.3 is 0 Å². The summed E-state index contributed by atoms with van der Waals surface area (Å²) in [5, 5.41) is 9.56. The largest absolute Gasteiger partial charge is 0.342 e. The zero-order chi connectivity index (χ0) is 24.1. The first-order valence-corrected chi connectivity index (χ1v) is 11.2. The minimum atomic E-state index is -0.131. The lowest BCUT2D eigenvalue weighted by molar-refractivity contribution is -0.131. The molecule has 1 aromatic heterocycles. The molecule has 3 amide bonds. The molecule has 0 unspecified atom stereocenters. The average molecular weight is 462 g/mol. The lowest BCUT2D eigenvalue weighted by Gasteiger charge is -2.31. The second-order valence-electron chi connectivity index (χ2n) is 8.45. The molecule has 176 valence electrons. The molecule has 3 aromatic rings. The molecule has 4 rings (SSSR count). The molecular formula is C25H27N5O4. The number of nitrogens with one attached hydrogen (secondary N) is 2. The minimum Gasteiger partial charge on any atom is -0.342 e. The second-order valence-corrected chi connectivity index (χ2v) is 8.45. The van der Waals surface area contributed by atoms with Gasteiger partial charge in [-0.2, -0.15) is 4.98 Å². The Morgan fingerprint density at radius 3 is 2.21 bits per heavy atom. The van der Waals surface area contributed by atoms with Crippen LogP contribution in [-0.2, 0) is 20.8 Å². The number of carbonyl (C=O) groups excluding carboxylic acids is 3. The van der Waals surface area contributed by atoms with Gasteiger partial charge in [-0.1, -0.05) is 17.3 Å². The fraction of sp³-hybridized carbons (Fsp3) is 0.320. The lowest BCUT2D eigenvalue weighted by Crippen LogP contribution is -2.40. The van der Waals surface area contributed by atoms with E-state index >= 15 is 0 Å². The molecule has 0 bridgehead atoms. The summed E-state index contributed by atoms with van der Waals surface area (Å²) in [6.45, 7) is 4.15. The highest BCUT2D eigenvalue weighted by Gasteiger charge is 2.28. The average Bonchev–Trinajstić information content (AvgIpc) is 3.31. The van der Waals surface area contributed by atoms with E-state index in [4.69, 9.17) is 4.52 Å². The van der Waals surface area contributed by atoms with Crippen molar-refractivity contribution in [1.82, 2.24) is 15.0 Å². The Labute approximate surface area is 197 Å². The quantitative estimate of drug-likeness (QED) is 0.579. The topological polar surface area (TPSA) is 117 Å². The molecule has 9 heteroatoms. The highest BCUT2D eigenvalue weighted by atomic mass is 16.5. The smallest absolute Gasteiger partial charge is 0.231 e. The van der Waals surface area contributed by atoms with Gasteiger partial charge in [0.25, 0.3) is 0 Å². The van der Waals surface area contributed by atoms with Crippen LogP contribution in [0.3, 0.4) is 0 Å². The third-order valence-corrected chi connectivity index (χ3v) is 5.66. The molecule has 0 aliphatic carbocycles. The van der Waals surface area contributed by atoms with Gasteiger partial charge in [-0.05, 0) is 54.8 Å². The number of amides is 3. The summed E-state index contributed by atoms with van der Waals surface area (Å²) >= 11 is 0. The van der Waals surface area contributed by atoms with Crippen LogP contribution in [0.5, 0.6) is 0 Å². The van der Waals surface area contributed by atoms with E-state index in [0.29, 0.717) is 42.6 Å². The molecule has 1 fully saturated rings. The fourth-order valence-electron chi connectivity index (χ4n) is 4.03. The first-order chi connectivity index (χ1) is 16.4. The van der Waals surface area contributed by atoms with Crippen molar-refractivity contribution in [3.8, 4) is 11.4 Å². The molecule has 2 aromatic carbocycles. The Balaban J connectivity index is 1.37. The van der Waals surface area contributed by atoms with E-state index < -0.39 is 0 Å². The number of anilines is 2. The molecule has 2 heterocycles. The van der Waals surface area contributed by atoms with Crippen LogP contribution in [0, 0.1) is 0 Å². The van der Waals surface area contributed by atoms with Gasteiger partial charge in [0.15, 0.2) is 0 Å². The zero-order valence-electron chi connectivity index (χ0n) is 19.2. The van der Waals surface area contributed by atoms with Gasteiger partial charge in [-0.3, -0.25) is 14.4 Å². The molecule has 0 radical (unpaired) electrons. The Bertz CT molecular complexity index is 1170. The van der Waals surface area contributed by atoms with E-state index in [9.17, 15) is 14.4 Å². The summed E-state index contributed by atoms with van der Waals surface area (Å²) in [7, 11) is 0. The fourth-order valence-corrected chi connectivity index (χ4v) is 4.03. The van der Waals surface area contributed by atoms with E-state index in [1.54, 1.807) is 24.3 Å². The molecule has 2 N–H and O–H groups in total. The van der Waals surface area contributed by atoms with Crippen molar-refractivity contribution in [1.29, 1.82) is 0 Å². The van der Waals surface area contributed by atoms with Crippen LogP contribution in [0.1, 0.15) is 44.1 Å². The van der Waals surface area contributed by atoms with Crippen LogP contribution < -0.4 is 10.6 Å². The van der Waals surface area contributed by atoms with Gasteiger partial charge in [0.05, 0.1) is 12.3 Å². The molecule has 1 aliphatic rings. The highest BCUT2D eigenvalue weighted by Crippen LogP contribution is 2.28. The van der Waals surface area contributed by atoms with Crippen LogP contribution in [0.15, 0.2) is 53.1 Å². The summed E-state index contributed by atoms with van der Waals surface area (Å²) in [6.07, 6.45) is 2.03. The zero-order valence-corrected chi connectivity index (χ0v) is 19.2. The molecule has 1 atom stereocenters. The van der Waals surface area contributed by atoms with Gasteiger partial charge in [0, 0.05) is 43.9 Å². The number of likely N-dealkylation sites (tertiary alicyclic amines) is 1. The number of rotatable bonds is 6. The van der Waals surface area contributed by atoms with Gasteiger partial charge < -0.3 is 20.1 Å². The number of carbonyl (C=O) groups is 3. The SMILES string of the molecule is CC(=O)Nc1ccc(CC(=O)N2CCC[C@@H](c3nc(-c4ccc(NC(C)=O)cc4)no3)C2)cc1. The van der Waals surface area contributed by atoms with Gasteiger partial charge in [0.2, 0.25) is 29.4 Å². The standard InChI is InChI=1S/C25H27N5O4/c1-16(31)26-21-9-5-18(6-10-21)14-23(33)30-13-3-4-20(15-30)25-28-24(29-34-25)19-7-11-22(12-8-19)27-17(2)32/h5-12,20H,3-4,13-15H2,1-2H3,(H,26,31)(H,27,32)/t20-/m1/s1. The number of hydrogen-bond donors (Lipinski definition) is 2. The Morgan fingerprint density at radius 2 is 1.59 bits per heavy atom. The Kier molecular flexibility index (Phi) is 7.01. The van der Waals surface area contributed by atoms with E-state index in [1.807, 2.05) is 29.2 Å². The Morgan fingerprint density at radius 1 is 0.971 bits per heavy atom. The molecule has 0 saturated carbocycles. The molecule has 9 nitrogen and oxygen atoms in total. The predicted octanol–water partition coefficient (Wildman–Crippen LogP) is 3.60. The first-order valence-electron chi connectivity index (χ1n) is 11.2. The number of nitrogens with zero attached hydrogens (tertiary/aromatic N) is 3. The van der Waals surface area contributed by atoms with Crippen LogP contribution in [0.25, 0.3) is 11.4 Å². The Hall–Kier alpha value is -4.01. The van der Waals surface area contributed by atoms with Gasteiger partial charge in [-0.15, -0.1) is 0 Å². The van der Waals surface area contributed by atoms with Crippen LogP contribution in [-0.4, -0.2) is 45.9 Å². The van der Waals surface area contributed by atoms with Crippen LogP contribution >= 0.6 is 0 Å². The number of benzene rings is 2. The van der Waals surface area contributed by atoms with Crippen molar-refractivity contribution in [2.75, 3.05) is 23.7 Å². The van der Waals surface area contributed by atoms with Gasteiger partial charge in [0.1, 0.15) is 0 Å². The third kappa shape index (κ3) is 5.86. The number of hydrogen-bond acceptors (Lipinski definition) is 6. The summed E-state index contributed by atoms with van der Waals surface area (Å²) in [5.74, 6) is 0.776. The van der Waals surface area contributed by atoms with E-state index in [0.717, 1.165) is 24.0 Å². The molecule has 0 spiro atoms. The predicted molar refractivity (Wildman–Crippen MR) is 127 cm³/mol. The van der Waals surface area contributed by atoms with Crippen molar-refractivity contribution in [3.63, 3.8) is 0 Å². The van der Waals surface area contributed by atoms with Crippen molar-refractivity contribution < 1.29 is 18.9 Å². The second kappa shape index (κ2) is 10.3. The van der Waals surface area contributed by atoms with Crippen molar-refractivity contribution in [2.24, 2.45) is 0 Å². The van der Waals surface area contributed by atoms with Crippen molar-refractivity contribution in [3.05, 3.63) is 60.0 Å². The molecule has 34 heavy (non-hydrogen) atoms. The van der Waals surface area contributed by atoms with E-state index in [1.165, 1.54) is 13.8 Å². The summed E-state index contributed by atoms with van der Waals surface area (Å²) in [4.78, 5) is 41.7. The van der Waals surface area contributed by atoms with Crippen LogP contribution in [0.2, 0.25) is 0 Å². The summed E-state index contributed by atoms with van der Waals surface area (Å²) in [6, 6.07) is 14.5. The number of piperidine rings is 1. The monoisotopic (exact) mass is 461 g/mol. The van der Waals surface area contributed by atoms with Gasteiger partial charge in [-0.25, -0.2) is 0 Å². The lowest BCUT2D eigenvalue weighted by atomic mass is 9.97. The number of aromatic nitrogens is 2. The van der Waals surface area contributed by atoms with Crippen LogP contribution in [0.4, 0.5) is 11.4 Å². The van der Waals surface area contributed by atoms with E-state index in [2.05, 4.69) is 20.8 Å². The minimum absolute atomic E-state index is 0.0141. The summed E-state index contributed by atoms with van der Waals surface area (Å²) in [5.41, 5.74) is 3.09. The molecule has 1 aliphatic heterocycles. The third-order valence-electron chi connectivity index (χ3n) is 5.66. The normalized spacial score (nSPS) is 15.6. The van der Waals surface area contributed by atoms with E-state index in [-0.39, 0.29) is 23.6 Å². The van der Waals surface area contributed by atoms with Crippen molar-refractivity contribution >= 4 is 29.1 Å².